The maximum atomic E-state index is 12.2. The molecular weight excluding hydrogens is 232 g/mol. The average molecular weight is 248 g/mol. The molecule has 96 valence electrons. The van der Waals surface area contributed by atoms with Crippen molar-refractivity contribution in [2.24, 2.45) is 0 Å². The van der Waals surface area contributed by atoms with Gasteiger partial charge in [-0.25, -0.2) is 0 Å². The number of carbonyl (C=O) groups is 2. The first-order valence-electron chi connectivity index (χ1n) is 6.03. The first-order chi connectivity index (χ1) is 8.63. The molecule has 1 aromatic carbocycles. The molecule has 0 unspecified atom stereocenters. The third-order valence-electron chi connectivity index (χ3n) is 3.28. The van der Waals surface area contributed by atoms with Gasteiger partial charge in [0.15, 0.2) is 0 Å². The standard InChI is InChI=1S/C13H16N2O3/c14-8-9-3-5-10(6-4-9)12(16)15-7-1-2-11(15)13(17)18/h3-6,11H,1-2,7-8,14H2,(H,17,18)/t11-/m1/s1. The van der Waals surface area contributed by atoms with E-state index in [0.29, 0.717) is 31.5 Å². The van der Waals surface area contributed by atoms with Crippen LogP contribution in [0.3, 0.4) is 0 Å². The fraction of sp³-hybridized carbons (Fsp3) is 0.385. The predicted molar refractivity (Wildman–Crippen MR) is 62.1 cm³/mol. The number of likely N-dealkylation sites (tertiary alicyclic amines) is 1. The van der Waals surface area contributed by atoms with Crippen LogP contribution < -0.4 is 10.8 Å². The highest BCUT2D eigenvalue weighted by Crippen LogP contribution is 2.19. The second-order valence-corrected chi connectivity index (χ2v) is 4.42. The van der Waals surface area contributed by atoms with Crippen molar-refractivity contribution in [3.63, 3.8) is 0 Å². The third kappa shape index (κ3) is 2.36. The van der Waals surface area contributed by atoms with Crippen LogP contribution in [0, 0.1) is 0 Å². The number of aliphatic carboxylic acids is 1. The summed E-state index contributed by atoms with van der Waals surface area (Å²) in [5, 5.41) is 10.9. The molecule has 18 heavy (non-hydrogen) atoms. The van der Waals surface area contributed by atoms with Crippen LogP contribution in [0.5, 0.6) is 0 Å². The van der Waals surface area contributed by atoms with Gasteiger partial charge in [0, 0.05) is 17.7 Å². The van der Waals surface area contributed by atoms with Gasteiger partial charge in [0.05, 0.1) is 18.6 Å². The van der Waals surface area contributed by atoms with Crippen LogP contribution in [0.4, 0.5) is 0 Å². The van der Waals surface area contributed by atoms with E-state index in [-0.39, 0.29) is 5.91 Å². The van der Waals surface area contributed by atoms with Crippen LogP contribution in [0.15, 0.2) is 24.3 Å². The number of quaternary nitrogens is 1. The first kappa shape index (κ1) is 12.6. The van der Waals surface area contributed by atoms with E-state index in [2.05, 4.69) is 5.73 Å². The maximum absolute atomic E-state index is 12.2. The third-order valence-corrected chi connectivity index (χ3v) is 3.28. The zero-order chi connectivity index (χ0) is 13.1. The largest absolute Gasteiger partial charge is 0.548 e. The van der Waals surface area contributed by atoms with Crippen molar-refractivity contribution in [3.8, 4) is 0 Å². The Kier molecular flexibility index (Phi) is 3.62. The fourth-order valence-electron chi connectivity index (χ4n) is 2.23. The smallest absolute Gasteiger partial charge is 0.254 e. The predicted octanol–water partition coefficient (Wildman–Crippen LogP) is -1.22. The van der Waals surface area contributed by atoms with Crippen molar-refractivity contribution in [3.05, 3.63) is 35.4 Å². The van der Waals surface area contributed by atoms with Crippen LogP contribution >= 0.6 is 0 Å². The van der Waals surface area contributed by atoms with Gasteiger partial charge in [0.2, 0.25) is 0 Å². The molecule has 1 atom stereocenters. The van der Waals surface area contributed by atoms with Crippen LogP contribution in [-0.4, -0.2) is 29.4 Å². The molecule has 2 rings (SSSR count). The lowest BCUT2D eigenvalue weighted by Gasteiger charge is -2.25. The molecule has 0 aromatic heterocycles. The van der Waals surface area contributed by atoms with Crippen molar-refractivity contribution in [2.45, 2.75) is 25.4 Å². The Morgan fingerprint density at radius 1 is 1.33 bits per heavy atom. The van der Waals surface area contributed by atoms with E-state index in [1.54, 1.807) is 12.1 Å². The summed E-state index contributed by atoms with van der Waals surface area (Å²) in [6.07, 6.45) is 1.19. The Labute approximate surface area is 105 Å². The zero-order valence-electron chi connectivity index (χ0n) is 10.1. The molecule has 0 spiro atoms. The topological polar surface area (TPSA) is 88.1 Å². The van der Waals surface area contributed by atoms with Gasteiger partial charge in [0.1, 0.15) is 0 Å². The van der Waals surface area contributed by atoms with E-state index in [4.69, 9.17) is 0 Å². The van der Waals surface area contributed by atoms with Gasteiger partial charge in [-0.2, -0.15) is 0 Å². The summed E-state index contributed by atoms with van der Waals surface area (Å²) in [7, 11) is 0. The minimum Gasteiger partial charge on any atom is -0.548 e. The number of carboxylic acids is 1. The number of rotatable bonds is 3. The Balaban J connectivity index is 2.17. The molecule has 3 N–H and O–H groups in total. The molecule has 1 saturated heterocycles. The second-order valence-electron chi connectivity index (χ2n) is 4.42. The second kappa shape index (κ2) is 5.18. The minimum absolute atomic E-state index is 0.239. The summed E-state index contributed by atoms with van der Waals surface area (Å²) in [6.45, 7) is 1.15. The molecule has 1 aromatic rings. The minimum atomic E-state index is -1.17. The van der Waals surface area contributed by atoms with Crippen molar-refractivity contribution < 1.29 is 20.4 Å². The van der Waals surface area contributed by atoms with Gasteiger partial charge in [-0.05, 0) is 25.0 Å². The number of benzene rings is 1. The van der Waals surface area contributed by atoms with Gasteiger partial charge in [-0.15, -0.1) is 0 Å². The van der Waals surface area contributed by atoms with Gasteiger partial charge in [-0.3, -0.25) is 4.79 Å². The SMILES string of the molecule is [NH3+]Cc1ccc(C(=O)N2CCC[C@@H]2C(=O)[O-])cc1. The van der Waals surface area contributed by atoms with Crippen LogP contribution in [0.1, 0.15) is 28.8 Å². The highest BCUT2D eigenvalue weighted by atomic mass is 16.4. The molecule has 0 aliphatic carbocycles. The Morgan fingerprint density at radius 2 is 2.00 bits per heavy atom. The lowest BCUT2D eigenvalue weighted by Crippen LogP contribution is -2.47. The fourth-order valence-corrected chi connectivity index (χ4v) is 2.23. The monoisotopic (exact) mass is 248 g/mol. The van der Waals surface area contributed by atoms with E-state index in [1.807, 2.05) is 12.1 Å². The number of carboxylic acid groups (broad SMARTS) is 1. The number of carbonyl (C=O) groups excluding carboxylic acids is 2. The zero-order valence-corrected chi connectivity index (χ0v) is 10.1. The molecule has 5 nitrogen and oxygen atoms in total. The number of amides is 1. The molecule has 1 amide bonds. The molecule has 0 bridgehead atoms. The molecule has 1 aliphatic rings. The number of nitrogens with zero attached hydrogens (tertiary/aromatic N) is 1. The van der Waals surface area contributed by atoms with Gasteiger partial charge >= 0.3 is 0 Å². The molecule has 1 aliphatic heterocycles. The normalized spacial score (nSPS) is 18.9. The summed E-state index contributed by atoms with van der Waals surface area (Å²) < 4.78 is 0. The lowest BCUT2D eigenvalue weighted by atomic mass is 10.1. The summed E-state index contributed by atoms with van der Waals surface area (Å²) >= 11 is 0. The van der Waals surface area contributed by atoms with Gasteiger partial charge in [-0.1, -0.05) is 12.1 Å². The molecule has 1 heterocycles. The highest BCUT2D eigenvalue weighted by Gasteiger charge is 2.30. The van der Waals surface area contributed by atoms with Crippen molar-refractivity contribution in [1.29, 1.82) is 0 Å². The Bertz CT molecular complexity index is 456. The van der Waals surface area contributed by atoms with E-state index in [1.165, 1.54) is 4.90 Å². The quantitative estimate of drug-likeness (QED) is 0.727. The molecular formula is C13H16N2O3. The number of hydrogen-bond acceptors (Lipinski definition) is 3. The van der Waals surface area contributed by atoms with Crippen LogP contribution in [-0.2, 0) is 11.3 Å². The van der Waals surface area contributed by atoms with Gasteiger partial charge < -0.3 is 20.5 Å². The Morgan fingerprint density at radius 3 is 2.56 bits per heavy atom. The summed E-state index contributed by atoms with van der Waals surface area (Å²) in [5.41, 5.74) is 5.32. The average Bonchev–Trinajstić information content (AvgIpc) is 2.87. The van der Waals surface area contributed by atoms with E-state index < -0.39 is 12.0 Å². The number of hydrogen-bond donors (Lipinski definition) is 1. The summed E-state index contributed by atoms with van der Waals surface area (Å²) in [6, 6.07) is 6.32. The van der Waals surface area contributed by atoms with Gasteiger partial charge in [0.25, 0.3) is 5.91 Å². The highest BCUT2D eigenvalue weighted by molar-refractivity contribution is 5.96. The summed E-state index contributed by atoms with van der Waals surface area (Å²) in [4.78, 5) is 24.5. The molecule has 1 fully saturated rings. The van der Waals surface area contributed by atoms with Crippen molar-refractivity contribution in [2.75, 3.05) is 6.54 Å². The maximum Gasteiger partial charge on any atom is 0.254 e. The van der Waals surface area contributed by atoms with Crippen molar-refractivity contribution in [1.82, 2.24) is 4.90 Å². The molecule has 0 saturated carbocycles. The van der Waals surface area contributed by atoms with E-state index >= 15 is 0 Å². The van der Waals surface area contributed by atoms with Crippen LogP contribution in [0.25, 0.3) is 0 Å². The van der Waals surface area contributed by atoms with Crippen molar-refractivity contribution >= 4 is 11.9 Å². The summed E-state index contributed by atoms with van der Waals surface area (Å²) in [5.74, 6) is -1.41. The molecule has 5 heteroatoms. The Hall–Kier alpha value is -1.88. The molecule has 0 radical (unpaired) electrons. The van der Waals surface area contributed by atoms with E-state index in [0.717, 1.165) is 5.56 Å². The lowest BCUT2D eigenvalue weighted by molar-refractivity contribution is -0.386. The van der Waals surface area contributed by atoms with E-state index in [9.17, 15) is 14.7 Å². The van der Waals surface area contributed by atoms with Crippen LogP contribution in [0.2, 0.25) is 0 Å². The first-order valence-corrected chi connectivity index (χ1v) is 6.03.